The first kappa shape index (κ1) is 12.3. The molecule has 0 aromatic rings. The third-order valence-electron chi connectivity index (χ3n) is 1.88. The summed E-state index contributed by atoms with van der Waals surface area (Å²) in [6, 6.07) is 0.411. The van der Waals surface area contributed by atoms with E-state index in [1.54, 1.807) is 0 Å². The summed E-state index contributed by atoms with van der Waals surface area (Å²) in [6.07, 6.45) is 1.24. The largest absolute Gasteiger partial charge is 0.271 e. The van der Waals surface area contributed by atoms with Gasteiger partial charge in [-0.2, -0.15) is 11.8 Å². The highest BCUT2D eigenvalue weighted by Crippen LogP contribution is 2.21. The Labute approximate surface area is 80.6 Å². The van der Waals surface area contributed by atoms with E-state index < -0.39 is 0 Å². The second kappa shape index (κ2) is 5.84. The number of hydrazine groups is 1. The minimum Gasteiger partial charge on any atom is -0.271 e. The van der Waals surface area contributed by atoms with E-state index >= 15 is 0 Å². The maximum atomic E-state index is 5.48. The predicted octanol–water partition coefficient (Wildman–Crippen LogP) is 2.01. The van der Waals surface area contributed by atoms with Gasteiger partial charge >= 0.3 is 0 Å². The first-order valence-electron chi connectivity index (χ1n) is 4.56. The average Bonchev–Trinajstić information content (AvgIpc) is 1.95. The average molecular weight is 190 g/mol. The van der Waals surface area contributed by atoms with Crippen molar-refractivity contribution >= 4 is 11.8 Å². The number of hydrogen-bond donors (Lipinski definition) is 2. The van der Waals surface area contributed by atoms with Crippen molar-refractivity contribution in [2.24, 2.45) is 11.3 Å². The maximum Gasteiger partial charge on any atom is 0.0349 e. The second-order valence-corrected chi connectivity index (χ2v) is 5.31. The summed E-state index contributed by atoms with van der Waals surface area (Å²) in [4.78, 5) is 0. The van der Waals surface area contributed by atoms with E-state index in [0.29, 0.717) is 6.04 Å². The zero-order valence-corrected chi connectivity index (χ0v) is 9.50. The van der Waals surface area contributed by atoms with Crippen molar-refractivity contribution in [3.8, 4) is 0 Å². The Morgan fingerprint density at radius 2 is 2.00 bits per heavy atom. The Balaban J connectivity index is 3.68. The molecule has 3 N–H and O–H groups in total. The molecule has 0 saturated carbocycles. The van der Waals surface area contributed by atoms with Crippen LogP contribution in [0.3, 0.4) is 0 Å². The van der Waals surface area contributed by atoms with Gasteiger partial charge in [0.25, 0.3) is 0 Å². The number of nitrogens with one attached hydrogen (secondary N) is 1. The van der Waals surface area contributed by atoms with E-state index in [1.165, 1.54) is 12.2 Å². The Morgan fingerprint density at radius 3 is 2.33 bits per heavy atom. The van der Waals surface area contributed by atoms with Crippen LogP contribution in [0.5, 0.6) is 0 Å². The van der Waals surface area contributed by atoms with E-state index in [4.69, 9.17) is 5.84 Å². The van der Waals surface area contributed by atoms with Gasteiger partial charge < -0.3 is 0 Å². The van der Waals surface area contributed by atoms with Crippen molar-refractivity contribution in [3.63, 3.8) is 0 Å². The molecule has 3 heteroatoms. The predicted molar refractivity (Wildman–Crippen MR) is 58.2 cm³/mol. The first-order chi connectivity index (χ1) is 5.52. The minimum atomic E-state index is 0.259. The first-order valence-corrected chi connectivity index (χ1v) is 5.71. The molecule has 2 nitrogen and oxygen atoms in total. The van der Waals surface area contributed by atoms with E-state index in [1.807, 2.05) is 11.8 Å². The van der Waals surface area contributed by atoms with Crippen LogP contribution in [0.15, 0.2) is 0 Å². The van der Waals surface area contributed by atoms with Crippen molar-refractivity contribution in [2.75, 3.05) is 11.5 Å². The highest BCUT2D eigenvalue weighted by atomic mass is 32.2. The Hall–Kier alpha value is 0.270. The van der Waals surface area contributed by atoms with Crippen molar-refractivity contribution < 1.29 is 0 Å². The van der Waals surface area contributed by atoms with E-state index in [-0.39, 0.29) is 5.41 Å². The van der Waals surface area contributed by atoms with Crippen LogP contribution >= 0.6 is 11.8 Å². The smallest absolute Gasteiger partial charge is 0.0349 e. The van der Waals surface area contributed by atoms with Crippen LogP contribution in [-0.2, 0) is 0 Å². The third-order valence-corrected chi connectivity index (χ3v) is 3.15. The van der Waals surface area contributed by atoms with Gasteiger partial charge in [0.15, 0.2) is 0 Å². The van der Waals surface area contributed by atoms with Gasteiger partial charge in [0.1, 0.15) is 0 Å². The summed E-state index contributed by atoms with van der Waals surface area (Å²) >= 11 is 1.97. The highest BCUT2D eigenvalue weighted by molar-refractivity contribution is 7.99. The zero-order valence-electron chi connectivity index (χ0n) is 8.68. The van der Waals surface area contributed by atoms with Crippen LogP contribution in [0.2, 0.25) is 0 Å². The molecule has 0 saturated heterocycles. The topological polar surface area (TPSA) is 38.0 Å². The van der Waals surface area contributed by atoms with Crippen LogP contribution < -0.4 is 11.3 Å². The third kappa shape index (κ3) is 5.01. The van der Waals surface area contributed by atoms with Crippen molar-refractivity contribution in [2.45, 2.75) is 40.2 Å². The molecular formula is C9H22N2S. The van der Waals surface area contributed by atoms with Gasteiger partial charge in [-0.1, -0.05) is 27.7 Å². The van der Waals surface area contributed by atoms with Crippen LogP contribution in [0, 0.1) is 5.41 Å². The van der Waals surface area contributed by atoms with Crippen molar-refractivity contribution in [3.05, 3.63) is 0 Å². The van der Waals surface area contributed by atoms with E-state index in [9.17, 15) is 0 Å². The van der Waals surface area contributed by atoms with Crippen LogP contribution in [0.1, 0.15) is 34.1 Å². The summed E-state index contributed by atoms with van der Waals surface area (Å²) < 4.78 is 0. The molecule has 0 fully saturated rings. The fourth-order valence-corrected chi connectivity index (χ4v) is 2.18. The molecule has 0 aromatic heterocycles. The van der Waals surface area contributed by atoms with Crippen molar-refractivity contribution in [1.82, 2.24) is 5.43 Å². The molecule has 0 heterocycles. The van der Waals surface area contributed by atoms with Crippen LogP contribution in [0.4, 0.5) is 0 Å². The van der Waals surface area contributed by atoms with Crippen LogP contribution in [-0.4, -0.2) is 17.5 Å². The molecular weight excluding hydrogens is 168 g/mol. The van der Waals surface area contributed by atoms with Crippen LogP contribution in [0.25, 0.3) is 0 Å². The molecule has 0 spiro atoms. The lowest BCUT2D eigenvalue weighted by molar-refractivity contribution is 0.294. The molecule has 1 atom stereocenters. The molecule has 0 radical (unpaired) electrons. The highest BCUT2D eigenvalue weighted by Gasteiger charge is 2.22. The summed E-state index contributed by atoms with van der Waals surface area (Å²) in [5, 5.41) is 0. The monoisotopic (exact) mass is 190 g/mol. The van der Waals surface area contributed by atoms with E-state index in [2.05, 4.69) is 33.1 Å². The molecule has 74 valence electrons. The van der Waals surface area contributed by atoms with Gasteiger partial charge in [0.05, 0.1) is 0 Å². The molecule has 0 aliphatic carbocycles. The maximum absolute atomic E-state index is 5.48. The van der Waals surface area contributed by atoms with Gasteiger partial charge in [-0.05, 0) is 17.6 Å². The summed E-state index contributed by atoms with van der Waals surface area (Å²) in [5.41, 5.74) is 3.14. The normalized spacial score (nSPS) is 14.8. The Kier molecular flexibility index (Phi) is 5.97. The number of nitrogens with two attached hydrogens (primary N) is 1. The molecule has 0 aliphatic heterocycles. The quantitative estimate of drug-likeness (QED) is 0.396. The van der Waals surface area contributed by atoms with Gasteiger partial charge in [-0.15, -0.1) is 0 Å². The molecule has 0 rings (SSSR count). The van der Waals surface area contributed by atoms with Gasteiger partial charge in [0.2, 0.25) is 0 Å². The van der Waals surface area contributed by atoms with Gasteiger partial charge in [0, 0.05) is 11.8 Å². The minimum absolute atomic E-state index is 0.259. The summed E-state index contributed by atoms with van der Waals surface area (Å²) in [7, 11) is 0. The molecule has 0 aromatic carbocycles. The van der Waals surface area contributed by atoms with Gasteiger partial charge in [-0.25, -0.2) is 0 Å². The number of hydrogen-bond acceptors (Lipinski definition) is 3. The lowest BCUT2D eigenvalue weighted by atomic mass is 9.88. The fourth-order valence-electron chi connectivity index (χ4n) is 0.894. The Bertz CT molecular complexity index is 110. The Morgan fingerprint density at radius 1 is 1.42 bits per heavy atom. The summed E-state index contributed by atoms with van der Waals surface area (Å²) in [5.74, 6) is 7.81. The van der Waals surface area contributed by atoms with Gasteiger partial charge in [-0.3, -0.25) is 11.3 Å². The number of thioether (sulfide) groups is 1. The standard InChI is InChI=1S/C9H22N2S/c1-5-6-12-7-8(11-10)9(2,3)4/h8,11H,5-7,10H2,1-4H3. The molecule has 12 heavy (non-hydrogen) atoms. The zero-order chi connectivity index (χ0) is 9.61. The lowest BCUT2D eigenvalue weighted by Crippen LogP contribution is -2.46. The van der Waals surface area contributed by atoms with Crippen molar-refractivity contribution in [1.29, 1.82) is 0 Å². The number of rotatable bonds is 5. The molecule has 0 amide bonds. The molecule has 0 aliphatic rings. The summed E-state index contributed by atoms with van der Waals surface area (Å²) in [6.45, 7) is 8.84. The molecule has 0 bridgehead atoms. The van der Waals surface area contributed by atoms with E-state index in [0.717, 1.165) is 5.75 Å². The molecule has 1 unspecified atom stereocenters. The second-order valence-electron chi connectivity index (χ2n) is 4.16. The lowest BCUT2D eigenvalue weighted by Gasteiger charge is -2.29. The SMILES string of the molecule is CCCSCC(NN)C(C)(C)C. The fraction of sp³-hybridized carbons (Fsp3) is 1.00.